The number of halogens is 1. The van der Waals surface area contributed by atoms with E-state index in [9.17, 15) is 0 Å². The van der Waals surface area contributed by atoms with E-state index in [1.165, 1.54) is 11.1 Å². The van der Waals surface area contributed by atoms with Gasteiger partial charge in [-0.3, -0.25) is 0 Å². The van der Waals surface area contributed by atoms with Crippen LogP contribution in [0.25, 0.3) is 0 Å². The van der Waals surface area contributed by atoms with Crippen molar-refractivity contribution in [2.75, 3.05) is 30.1 Å². The van der Waals surface area contributed by atoms with Gasteiger partial charge in [0.25, 0.3) is 0 Å². The molecule has 4 heteroatoms. The number of anilines is 2. The van der Waals surface area contributed by atoms with Crippen LogP contribution >= 0.6 is 23.4 Å². The second-order valence-corrected chi connectivity index (χ2v) is 6.88. The van der Waals surface area contributed by atoms with Crippen LogP contribution in [0.5, 0.6) is 0 Å². The minimum atomic E-state index is 0.331. The summed E-state index contributed by atoms with van der Waals surface area (Å²) in [7, 11) is 4.05. The minimum Gasteiger partial charge on any atom is -0.376 e. The van der Waals surface area contributed by atoms with Gasteiger partial charge in [0.05, 0.1) is 22.4 Å². The van der Waals surface area contributed by atoms with E-state index in [4.69, 9.17) is 11.6 Å². The molecule has 0 radical (unpaired) electrons. The Morgan fingerprint density at radius 2 is 1.95 bits per heavy atom. The second-order valence-electron chi connectivity index (χ2n) is 5.44. The highest BCUT2D eigenvalue weighted by Gasteiger charge is 2.21. The highest BCUT2D eigenvalue weighted by atomic mass is 35.5. The van der Waals surface area contributed by atoms with Gasteiger partial charge in [0, 0.05) is 25.6 Å². The van der Waals surface area contributed by atoms with Crippen LogP contribution in [0.15, 0.2) is 42.5 Å². The minimum absolute atomic E-state index is 0.331. The molecule has 0 saturated heterocycles. The molecule has 1 aliphatic rings. The number of hydrogen-bond acceptors (Lipinski definition) is 3. The van der Waals surface area contributed by atoms with E-state index in [2.05, 4.69) is 40.5 Å². The van der Waals surface area contributed by atoms with Crippen molar-refractivity contribution in [3.8, 4) is 0 Å². The van der Waals surface area contributed by atoms with Crippen molar-refractivity contribution < 1.29 is 0 Å². The maximum absolute atomic E-state index is 6.36. The average molecular weight is 319 g/mol. The van der Waals surface area contributed by atoms with Crippen molar-refractivity contribution in [3.63, 3.8) is 0 Å². The van der Waals surface area contributed by atoms with Gasteiger partial charge in [0.15, 0.2) is 0 Å². The van der Waals surface area contributed by atoms with Gasteiger partial charge in [0.1, 0.15) is 0 Å². The van der Waals surface area contributed by atoms with Gasteiger partial charge in [-0.2, -0.15) is 11.8 Å². The molecule has 1 N–H and O–H groups in total. The monoisotopic (exact) mass is 318 g/mol. The smallest absolute Gasteiger partial charge is 0.0786 e. The van der Waals surface area contributed by atoms with Crippen LogP contribution in [0.1, 0.15) is 17.2 Å². The number of thioether (sulfide) groups is 1. The van der Waals surface area contributed by atoms with Crippen LogP contribution in [0.3, 0.4) is 0 Å². The van der Waals surface area contributed by atoms with Gasteiger partial charge in [-0.05, 0) is 23.3 Å². The van der Waals surface area contributed by atoms with Gasteiger partial charge in [-0.25, -0.2) is 0 Å². The van der Waals surface area contributed by atoms with Crippen LogP contribution in [-0.2, 0) is 5.75 Å². The van der Waals surface area contributed by atoms with Crippen LogP contribution in [0, 0.1) is 0 Å². The Kier molecular flexibility index (Phi) is 4.32. The van der Waals surface area contributed by atoms with E-state index < -0.39 is 0 Å². The standard InChI is InChI=1S/C17H19ClN2S/c1-20(2)17-14(18)8-5-9-15(17)19-16-11-21-10-12-6-3-4-7-13(12)16/h3-9,16,19H,10-11H2,1-2H3. The molecular weight excluding hydrogens is 300 g/mol. The number of hydrogen-bond donors (Lipinski definition) is 1. The second kappa shape index (κ2) is 6.20. The third-order valence-corrected chi connectivity index (χ3v) is 5.13. The molecule has 2 nitrogen and oxygen atoms in total. The summed E-state index contributed by atoms with van der Waals surface area (Å²) >= 11 is 8.33. The van der Waals surface area contributed by atoms with Crippen molar-refractivity contribution in [1.29, 1.82) is 0 Å². The Morgan fingerprint density at radius 3 is 2.76 bits per heavy atom. The molecular formula is C17H19ClN2S. The molecule has 0 amide bonds. The number of para-hydroxylation sites is 1. The number of rotatable bonds is 3. The summed E-state index contributed by atoms with van der Waals surface area (Å²) < 4.78 is 0. The maximum atomic E-state index is 6.36. The quantitative estimate of drug-likeness (QED) is 0.874. The molecule has 1 aliphatic heterocycles. The highest BCUT2D eigenvalue weighted by molar-refractivity contribution is 7.98. The lowest BCUT2D eigenvalue weighted by Crippen LogP contribution is -2.20. The maximum Gasteiger partial charge on any atom is 0.0786 e. The highest BCUT2D eigenvalue weighted by Crippen LogP contribution is 2.38. The largest absolute Gasteiger partial charge is 0.376 e. The fraction of sp³-hybridized carbons (Fsp3) is 0.294. The van der Waals surface area contributed by atoms with E-state index in [0.717, 1.165) is 27.9 Å². The normalized spacial score (nSPS) is 17.2. The van der Waals surface area contributed by atoms with E-state index in [0.29, 0.717) is 6.04 Å². The summed E-state index contributed by atoms with van der Waals surface area (Å²) in [6.45, 7) is 0. The SMILES string of the molecule is CN(C)c1c(Cl)cccc1NC1CSCc2ccccc21. The topological polar surface area (TPSA) is 15.3 Å². The van der Waals surface area contributed by atoms with Gasteiger partial charge in [-0.15, -0.1) is 0 Å². The van der Waals surface area contributed by atoms with Crippen LogP contribution in [0.2, 0.25) is 5.02 Å². The first-order valence-electron chi connectivity index (χ1n) is 7.04. The summed E-state index contributed by atoms with van der Waals surface area (Å²) in [5.41, 5.74) is 4.97. The summed E-state index contributed by atoms with van der Waals surface area (Å²) in [4.78, 5) is 2.06. The average Bonchev–Trinajstić information content (AvgIpc) is 2.47. The van der Waals surface area contributed by atoms with E-state index in [-0.39, 0.29) is 0 Å². The van der Waals surface area contributed by atoms with Crippen molar-refractivity contribution in [3.05, 3.63) is 58.6 Å². The molecule has 0 aromatic heterocycles. The molecule has 2 aromatic rings. The van der Waals surface area contributed by atoms with Gasteiger partial charge in [0.2, 0.25) is 0 Å². The van der Waals surface area contributed by atoms with E-state index in [1.807, 2.05) is 38.0 Å². The number of fused-ring (bicyclic) bond motifs is 1. The predicted octanol–water partition coefficient (Wildman–Crippen LogP) is 4.81. The van der Waals surface area contributed by atoms with Crippen LogP contribution in [-0.4, -0.2) is 19.8 Å². The molecule has 110 valence electrons. The number of nitrogens with zero attached hydrogens (tertiary/aromatic N) is 1. The van der Waals surface area contributed by atoms with E-state index in [1.54, 1.807) is 0 Å². The number of nitrogens with one attached hydrogen (secondary N) is 1. The van der Waals surface area contributed by atoms with Crippen molar-refractivity contribution in [2.45, 2.75) is 11.8 Å². The first-order chi connectivity index (χ1) is 10.2. The third kappa shape index (κ3) is 2.99. The van der Waals surface area contributed by atoms with Gasteiger partial charge >= 0.3 is 0 Å². The summed E-state index contributed by atoms with van der Waals surface area (Å²) in [6, 6.07) is 15.1. The lowest BCUT2D eigenvalue weighted by Gasteiger charge is -2.29. The summed E-state index contributed by atoms with van der Waals surface area (Å²) in [6.07, 6.45) is 0. The molecule has 21 heavy (non-hydrogen) atoms. The molecule has 0 aliphatic carbocycles. The van der Waals surface area contributed by atoms with Gasteiger partial charge in [-0.1, -0.05) is 41.9 Å². The Hall–Kier alpha value is -1.32. The first kappa shape index (κ1) is 14.6. The lowest BCUT2D eigenvalue weighted by molar-refractivity contribution is 0.869. The third-order valence-electron chi connectivity index (χ3n) is 3.74. The molecule has 3 rings (SSSR count). The fourth-order valence-electron chi connectivity index (χ4n) is 2.78. The zero-order valence-corrected chi connectivity index (χ0v) is 13.8. The molecule has 1 heterocycles. The molecule has 1 atom stereocenters. The van der Waals surface area contributed by atoms with Gasteiger partial charge < -0.3 is 10.2 Å². The molecule has 2 aromatic carbocycles. The molecule has 0 spiro atoms. The predicted molar refractivity (Wildman–Crippen MR) is 94.7 cm³/mol. The lowest BCUT2D eigenvalue weighted by atomic mass is 10.0. The molecule has 0 saturated carbocycles. The van der Waals surface area contributed by atoms with Crippen molar-refractivity contribution in [2.24, 2.45) is 0 Å². The Bertz CT molecular complexity index is 642. The Morgan fingerprint density at radius 1 is 1.14 bits per heavy atom. The van der Waals surface area contributed by atoms with E-state index >= 15 is 0 Å². The molecule has 0 fully saturated rings. The summed E-state index contributed by atoms with van der Waals surface area (Å²) in [5.74, 6) is 2.18. The Labute approximate surface area is 135 Å². The van der Waals surface area contributed by atoms with Crippen molar-refractivity contribution in [1.82, 2.24) is 0 Å². The first-order valence-corrected chi connectivity index (χ1v) is 8.58. The summed E-state index contributed by atoms with van der Waals surface area (Å²) in [5, 5.41) is 4.46. The molecule has 1 unspecified atom stereocenters. The van der Waals surface area contributed by atoms with Crippen LogP contribution < -0.4 is 10.2 Å². The number of benzene rings is 2. The van der Waals surface area contributed by atoms with Crippen molar-refractivity contribution >= 4 is 34.7 Å². The van der Waals surface area contributed by atoms with Crippen LogP contribution in [0.4, 0.5) is 11.4 Å². The zero-order chi connectivity index (χ0) is 14.8. The fourth-order valence-corrected chi connectivity index (χ4v) is 4.22. The Balaban J connectivity index is 1.94. The zero-order valence-electron chi connectivity index (χ0n) is 12.3. The molecule has 0 bridgehead atoms.